The summed E-state index contributed by atoms with van der Waals surface area (Å²) in [5, 5.41) is 11.1. The molecule has 0 aliphatic carbocycles. The number of ether oxygens (including phenoxy) is 1. The van der Waals surface area contributed by atoms with E-state index < -0.39 is 0 Å². The number of carbonyl (C=O) groups excluding carboxylic acids is 1. The van der Waals surface area contributed by atoms with Crippen LogP contribution in [0, 0.1) is 0 Å². The van der Waals surface area contributed by atoms with Crippen molar-refractivity contribution in [1.29, 1.82) is 0 Å². The van der Waals surface area contributed by atoms with E-state index in [0.717, 1.165) is 22.5 Å². The van der Waals surface area contributed by atoms with E-state index in [0.29, 0.717) is 17.1 Å². The molecule has 0 bridgehead atoms. The number of benzene rings is 2. The lowest BCUT2D eigenvalue weighted by molar-refractivity contribution is 0.102. The third-order valence-electron chi connectivity index (χ3n) is 4.29. The Labute approximate surface area is 161 Å². The van der Waals surface area contributed by atoms with Crippen LogP contribution in [-0.2, 0) is 7.05 Å². The van der Waals surface area contributed by atoms with Crippen molar-refractivity contribution in [2.45, 2.75) is 0 Å². The summed E-state index contributed by atoms with van der Waals surface area (Å²) in [6, 6.07) is 14.3. The number of rotatable bonds is 5. The number of nitrogens with zero attached hydrogens (tertiary/aromatic N) is 4. The van der Waals surface area contributed by atoms with Crippen molar-refractivity contribution in [2.24, 2.45) is 7.05 Å². The molecule has 2 heterocycles. The summed E-state index contributed by atoms with van der Waals surface area (Å²) in [6.45, 7) is 0. The van der Waals surface area contributed by atoms with Gasteiger partial charge in [-0.2, -0.15) is 5.10 Å². The van der Waals surface area contributed by atoms with Gasteiger partial charge in [0.2, 0.25) is 0 Å². The molecular weight excluding hydrogens is 356 g/mol. The Morgan fingerprint density at radius 3 is 2.43 bits per heavy atom. The summed E-state index contributed by atoms with van der Waals surface area (Å²) in [5.74, 6) is 1.21. The van der Waals surface area contributed by atoms with Crippen LogP contribution < -0.4 is 15.4 Å². The second-order valence-electron chi connectivity index (χ2n) is 6.11. The quantitative estimate of drug-likeness (QED) is 0.556. The van der Waals surface area contributed by atoms with Crippen molar-refractivity contribution in [1.82, 2.24) is 19.7 Å². The Hall–Kier alpha value is -3.94. The first-order valence-electron chi connectivity index (χ1n) is 8.59. The maximum absolute atomic E-state index is 12.4. The van der Waals surface area contributed by atoms with Gasteiger partial charge < -0.3 is 15.4 Å². The first-order chi connectivity index (χ1) is 13.6. The minimum atomic E-state index is -0.187. The molecule has 0 unspecified atom stereocenters. The largest absolute Gasteiger partial charge is 0.497 e. The van der Waals surface area contributed by atoms with Gasteiger partial charge in [-0.3, -0.25) is 9.48 Å². The van der Waals surface area contributed by atoms with Crippen LogP contribution in [0.2, 0.25) is 0 Å². The van der Waals surface area contributed by atoms with Gasteiger partial charge in [0, 0.05) is 24.0 Å². The van der Waals surface area contributed by atoms with Crippen molar-refractivity contribution in [3.63, 3.8) is 0 Å². The molecule has 0 spiro atoms. The lowest BCUT2D eigenvalue weighted by atomic mass is 10.2. The Balaban J connectivity index is 1.47. The molecule has 0 atom stereocenters. The molecule has 4 aromatic rings. The number of aromatic nitrogens is 4. The molecule has 0 aliphatic rings. The highest BCUT2D eigenvalue weighted by Crippen LogP contribution is 2.23. The van der Waals surface area contributed by atoms with Crippen LogP contribution in [0.25, 0.3) is 11.0 Å². The Morgan fingerprint density at radius 2 is 1.71 bits per heavy atom. The fourth-order valence-electron chi connectivity index (χ4n) is 2.78. The van der Waals surface area contributed by atoms with Gasteiger partial charge in [0.15, 0.2) is 5.65 Å². The lowest BCUT2D eigenvalue weighted by Gasteiger charge is -2.09. The number of aryl methyl sites for hydroxylation is 1. The molecule has 8 nitrogen and oxygen atoms in total. The first-order valence-corrected chi connectivity index (χ1v) is 8.59. The number of hydrogen-bond acceptors (Lipinski definition) is 6. The second-order valence-corrected chi connectivity index (χ2v) is 6.11. The molecule has 1 amide bonds. The number of nitrogens with one attached hydrogen (secondary N) is 2. The standard InChI is InChI=1S/C20H18N6O2/c1-26-19-17(11-23-26)18(21-12-22-19)24-14-5-3-13(4-6-14)20(27)25-15-7-9-16(28-2)10-8-15/h3-12H,1-2H3,(H,25,27)(H,21,22,24). The molecule has 0 fully saturated rings. The van der Waals surface area contributed by atoms with Crippen LogP contribution in [-0.4, -0.2) is 32.8 Å². The van der Waals surface area contributed by atoms with Gasteiger partial charge in [-0.1, -0.05) is 0 Å². The number of hydrogen-bond donors (Lipinski definition) is 2. The molecule has 2 aromatic heterocycles. The minimum absolute atomic E-state index is 0.187. The Morgan fingerprint density at radius 1 is 1.00 bits per heavy atom. The Kier molecular flexibility index (Phi) is 4.59. The average Bonchev–Trinajstić information content (AvgIpc) is 3.11. The zero-order valence-corrected chi connectivity index (χ0v) is 15.4. The van der Waals surface area contributed by atoms with Crippen molar-refractivity contribution in [2.75, 3.05) is 17.7 Å². The number of carbonyl (C=O) groups is 1. The predicted octanol–water partition coefficient (Wildman–Crippen LogP) is 3.37. The molecule has 0 saturated carbocycles. The molecule has 0 saturated heterocycles. The van der Waals surface area contributed by atoms with Gasteiger partial charge in [-0.15, -0.1) is 0 Å². The third-order valence-corrected chi connectivity index (χ3v) is 4.29. The van der Waals surface area contributed by atoms with E-state index >= 15 is 0 Å². The zero-order chi connectivity index (χ0) is 19.5. The third kappa shape index (κ3) is 3.48. The van der Waals surface area contributed by atoms with E-state index in [-0.39, 0.29) is 5.91 Å². The molecule has 2 aromatic carbocycles. The molecule has 28 heavy (non-hydrogen) atoms. The maximum atomic E-state index is 12.4. The molecular formula is C20H18N6O2. The van der Waals surface area contributed by atoms with E-state index in [1.165, 1.54) is 6.33 Å². The van der Waals surface area contributed by atoms with E-state index in [2.05, 4.69) is 25.7 Å². The van der Waals surface area contributed by atoms with Crippen LogP contribution in [0.15, 0.2) is 61.1 Å². The fraction of sp³-hybridized carbons (Fsp3) is 0.100. The van der Waals surface area contributed by atoms with Gasteiger partial charge in [-0.25, -0.2) is 9.97 Å². The van der Waals surface area contributed by atoms with Gasteiger partial charge in [0.05, 0.1) is 18.7 Å². The van der Waals surface area contributed by atoms with Crippen LogP contribution >= 0.6 is 0 Å². The highest BCUT2D eigenvalue weighted by atomic mass is 16.5. The van der Waals surface area contributed by atoms with E-state index in [4.69, 9.17) is 4.74 Å². The van der Waals surface area contributed by atoms with Crippen LogP contribution in [0.3, 0.4) is 0 Å². The van der Waals surface area contributed by atoms with Crippen molar-refractivity contribution in [3.8, 4) is 5.75 Å². The van der Waals surface area contributed by atoms with Gasteiger partial charge >= 0.3 is 0 Å². The second kappa shape index (κ2) is 7.36. The molecule has 2 N–H and O–H groups in total. The molecule has 8 heteroatoms. The van der Waals surface area contributed by atoms with Crippen LogP contribution in [0.1, 0.15) is 10.4 Å². The fourth-order valence-corrected chi connectivity index (χ4v) is 2.78. The van der Waals surface area contributed by atoms with Crippen LogP contribution in [0.5, 0.6) is 5.75 Å². The number of anilines is 3. The maximum Gasteiger partial charge on any atom is 0.255 e. The average molecular weight is 374 g/mol. The first kappa shape index (κ1) is 17.5. The van der Waals surface area contributed by atoms with Gasteiger partial charge in [0.25, 0.3) is 5.91 Å². The normalized spacial score (nSPS) is 10.6. The molecule has 0 radical (unpaired) electrons. The highest BCUT2D eigenvalue weighted by molar-refractivity contribution is 6.04. The topological polar surface area (TPSA) is 94.0 Å². The SMILES string of the molecule is COc1ccc(NC(=O)c2ccc(Nc3ncnc4c3cnn4C)cc2)cc1. The predicted molar refractivity (Wildman–Crippen MR) is 107 cm³/mol. The molecule has 140 valence electrons. The summed E-state index contributed by atoms with van der Waals surface area (Å²) >= 11 is 0. The van der Waals surface area contributed by atoms with Crippen molar-refractivity contribution in [3.05, 3.63) is 66.6 Å². The summed E-state index contributed by atoms with van der Waals surface area (Å²) < 4.78 is 6.80. The summed E-state index contributed by atoms with van der Waals surface area (Å²) in [7, 11) is 3.43. The summed E-state index contributed by atoms with van der Waals surface area (Å²) in [4.78, 5) is 20.9. The van der Waals surface area contributed by atoms with Gasteiger partial charge in [0.1, 0.15) is 17.9 Å². The summed E-state index contributed by atoms with van der Waals surface area (Å²) in [6.07, 6.45) is 3.21. The summed E-state index contributed by atoms with van der Waals surface area (Å²) in [5.41, 5.74) is 2.81. The van der Waals surface area contributed by atoms with E-state index in [9.17, 15) is 4.79 Å². The zero-order valence-electron chi connectivity index (χ0n) is 15.4. The highest BCUT2D eigenvalue weighted by Gasteiger charge is 2.09. The minimum Gasteiger partial charge on any atom is -0.497 e. The monoisotopic (exact) mass is 374 g/mol. The van der Waals surface area contributed by atoms with Crippen molar-refractivity contribution >= 4 is 34.1 Å². The number of amides is 1. The number of fused-ring (bicyclic) bond motifs is 1. The Bertz CT molecular complexity index is 1120. The molecule has 0 aliphatic heterocycles. The smallest absolute Gasteiger partial charge is 0.255 e. The number of methoxy groups -OCH3 is 1. The van der Waals surface area contributed by atoms with Crippen molar-refractivity contribution < 1.29 is 9.53 Å². The molecule has 4 rings (SSSR count). The van der Waals surface area contributed by atoms with Gasteiger partial charge in [-0.05, 0) is 48.5 Å². The van der Waals surface area contributed by atoms with Crippen LogP contribution in [0.4, 0.5) is 17.2 Å². The lowest BCUT2D eigenvalue weighted by Crippen LogP contribution is -2.11. The van der Waals surface area contributed by atoms with E-state index in [1.54, 1.807) is 54.4 Å². The van der Waals surface area contributed by atoms with E-state index in [1.807, 2.05) is 19.2 Å².